The molecule has 3 aliphatic heterocycles. The van der Waals surface area contributed by atoms with E-state index < -0.39 is 0 Å². The molecule has 3 heteroatoms. The number of hydrogen-bond donors (Lipinski definition) is 1. The van der Waals surface area contributed by atoms with Gasteiger partial charge in [0.1, 0.15) is 0 Å². The lowest BCUT2D eigenvalue weighted by Gasteiger charge is -2.50. The summed E-state index contributed by atoms with van der Waals surface area (Å²) in [6.45, 7) is 15.2. The maximum absolute atomic E-state index is 3.54. The lowest BCUT2D eigenvalue weighted by atomic mass is 10.1. The number of nitrogens with zero attached hydrogens (tertiary/aromatic N) is 2. The van der Waals surface area contributed by atoms with Crippen LogP contribution in [0, 0.1) is 0 Å². The third kappa shape index (κ3) is 2.27. The van der Waals surface area contributed by atoms with Crippen molar-refractivity contribution in [3.63, 3.8) is 0 Å². The van der Waals surface area contributed by atoms with Crippen molar-refractivity contribution in [3.05, 3.63) is 0 Å². The van der Waals surface area contributed by atoms with E-state index in [9.17, 15) is 0 Å². The number of rotatable bonds is 4. The van der Waals surface area contributed by atoms with Gasteiger partial charge in [0.25, 0.3) is 0 Å². The van der Waals surface area contributed by atoms with Gasteiger partial charge in [-0.25, -0.2) is 0 Å². The van der Waals surface area contributed by atoms with Gasteiger partial charge < -0.3 is 9.80 Å². The molecule has 82 valence electrons. The van der Waals surface area contributed by atoms with Crippen molar-refractivity contribution in [3.8, 4) is 0 Å². The molecule has 0 aliphatic carbocycles. The van der Waals surface area contributed by atoms with Crippen LogP contribution < -0.4 is 5.32 Å². The van der Waals surface area contributed by atoms with Crippen LogP contribution in [0.15, 0.2) is 0 Å². The smallest absolute Gasteiger partial charge is 0.0917 e. The van der Waals surface area contributed by atoms with E-state index in [1.807, 2.05) is 0 Å². The summed E-state index contributed by atoms with van der Waals surface area (Å²) in [4.78, 5) is 2.61. The van der Waals surface area contributed by atoms with Gasteiger partial charge in [-0.2, -0.15) is 0 Å². The first kappa shape index (κ1) is 10.4. The van der Waals surface area contributed by atoms with Crippen LogP contribution in [0.3, 0.4) is 0 Å². The van der Waals surface area contributed by atoms with Crippen LogP contribution in [0.4, 0.5) is 0 Å². The zero-order valence-corrected chi connectivity index (χ0v) is 9.63. The van der Waals surface area contributed by atoms with Crippen LogP contribution in [-0.2, 0) is 0 Å². The summed E-state index contributed by atoms with van der Waals surface area (Å²) in [5.74, 6) is 0. The standard InChI is InChI=1S/C11H24N3/c1-11(2)12-3-7-14-8-4-13(5-9-14)6-10-14/h11-12H,3-10H2,1-2H3/q+1. The molecular weight excluding hydrogens is 174 g/mol. The second-order valence-corrected chi connectivity index (χ2v) is 5.19. The molecule has 0 aromatic rings. The lowest BCUT2D eigenvalue weighted by molar-refractivity contribution is -0.939. The Kier molecular flexibility index (Phi) is 3.10. The molecule has 3 heterocycles. The summed E-state index contributed by atoms with van der Waals surface area (Å²) >= 11 is 0. The number of fused-ring (bicyclic) bond motifs is 3. The maximum atomic E-state index is 3.54. The van der Waals surface area contributed by atoms with E-state index in [1.165, 1.54) is 56.8 Å². The largest absolute Gasteiger partial charge is 0.319 e. The molecule has 0 atom stereocenters. The van der Waals surface area contributed by atoms with Crippen molar-refractivity contribution in [1.82, 2.24) is 10.2 Å². The van der Waals surface area contributed by atoms with Gasteiger partial charge in [-0.1, -0.05) is 13.8 Å². The molecule has 0 unspecified atom stereocenters. The highest BCUT2D eigenvalue weighted by atomic mass is 15.5. The van der Waals surface area contributed by atoms with E-state index in [0.717, 1.165) is 0 Å². The normalized spacial score (nSPS) is 36.6. The van der Waals surface area contributed by atoms with E-state index >= 15 is 0 Å². The third-order valence-electron chi connectivity index (χ3n) is 3.81. The van der Waals surface area contributed by atoms with Crippen LogP contribution in [0.25, 0.3) is 0 Å². The zero-order chi connectivity index (χ0) is 10.0. The Labute approximate surface area is 87.7 Å². The molecule has 3 nitrogen and oxygen atoms in total. The number of nitrogens with one attached hydrogen (secondary N) is 1. The predicted molar refractivity (Wildman–Crippen MR) is 59.3 cm³/mol. The summed E-state index contributed by atoms with van der Waals surface area (Å²) in [6.07, 6.45) is 0. The van der Waals surface area contributed by atoms with E-state index in [1.54, 1.807) is 0 Å². The van der Waals surface area contributed by atoms with Crippen molar-refractivity contribution in [1.29, 1.82) is 0 Å². The molecule has 0 saturated carbocycles. The highest BCUT2D eigenvalue weighted by Crippen LogP contribution is 2.18. The Balaban J connectivity index is 1.77. The minimum atomic E-state index is 0.638. The van der Waals surface area contributed by atoms with E-state index in [2.05, 4.69) is 24.1 Å². The summed E-state index contributed by atoms with van der Waals surface area (Å²) in [7, 11) is 0. The minimum Gasteiger partial charge on any atom is -0.319 e. The van der Waals surface area contributed by atoms with E-state index in [4.69, 9.17) is 0 Å². The van der Waals surface area contributed by atoms with E-state index in [-0.39, 0.29) is 0 Å². The fourth-order valence-corrected chi connectivity index (χ4v) is 2.66. The Morgan fingerprint density at radius 1 is 1.14 bits per heavy atom. The van der Waals surface area contributed by atoms with Crippen LogP contribution in [-0.4, -0.2) is 67.8 Å². The van der Waals surface area contributed by atoms with Crippen LogP contribution in [0.5, 0.6) is 0 Å². The van der Waals surface area contributed by atoms with Crippen molar-refractivity contribution >= 4 is 0 Å². The van der Waals surface area contributed by atoms with E-state index in [0.29, 0.717) is 6.04 Å². The Morgan fingerprint density at radius 2 is 1.71 bits per heavy atom. The van der Waals surface area contributed by atoms with Gasteiger partial charge in [0.2, 0.25) is 0 Å². The number of piperazine rings is 3. The van der Waals surface area contributed by atoms with Gasteiger partial charge in [0.15, 0.2) is 0 Å². The SMILES string of the molecule is CC(C)NCC[N+]12CCN(CC1)CC2. The monoisotopic (exact) mass is 198 g/mol. The van der Waals surface area contributed by atoms with Gasteiger partial charge in [-0.05, 0) is 0 Å². The average molecular weight is 198 g/mol. The van der Waals surface area contributed by atoms with Crippen LogP contribution in [0.2, 0.25) is 0 Å². The van der Waals surface area contributed by atoms with Crippen molar-refractivity contribution < 1.29 is 4.48 Å². The second-order valence-electron chi connectivity index (χ2n) is 5.19. The topological polar surface area (TPSA) is 15.3 Å². The minimum absolute atomic E-state index is 0.638. The first-order chi connectivity index (χ1) is 6.70. The molecule has 14 heavy (non-hydrogen) atoms. The quantitative estimate of drug-likeness (QED) is 0.646. The highest BCUT2D eigenvalue weighted by Gasteiger charge is 2.37. The summed E-state index contributed by atoms with van der Waals surface area (Å²) in [5.41, 5.74) is 0. The van der Waals surface area contributed by atoms with Gasteiger partial charge in [0.05, 0.1) is 26.2 Å². The predicted octanol–water partition coefficient (Wildman–Crippen LogP) is 0.130. The molecule has 0 aromatic heterocycles. The average Bonchev–Trinajstić information content (AvgIpc) is 2.19. The highest BCUT2D eigenvalue weighted by molar-refractivity contribution is 4.71. The first-order valence-electron chi connectivity index (χ1n) is 6.01. The summed E-state index contributed by atoms with van der Waals surface area (Å²) in [6, 6.07) is 0.638. The number of quaternary nitrogens is 1. The van der Waals surface area contributed by atoms with Crippen molar-refractivity contribution in [2.75, 3.05) is 52.4 Å². The van der Waals surface area contributed by atoms with Gasteiger partial charge in [-0.15, -0.1) is 0 Å². The summed E-state index contributed by atoms with van der Waals surface area (Å²) in [5, 5.41) is 3.54. The maximum Gasteiger partial charge on any atom is 0.0917 e. The lowest BCUT2D eigenvalue weighted by Crippen LogP contribution is -2.68. The molecule has 2 bridgehead atoms. The molecule has 3 saturated heterocycles. The third-order valence-corrected chi connectivity index (χ3v) is 3.81. The molecular formula is C11H24N3+. The molecule has 1 N–H and O–H groups in total. The fraction of sp³-hybridized carbons (Fsp3) is 1.00. The molecule has 3 aliphatic rings. The van der Waals surface area contributed by atoms with Crippen molar-refractivity contribution in [2.24, 2.45) is 0 Å². The molecule has 0 spiro atoms. The van der Waals surface area contributed by atoms with Crippen molar-refractivity contribution in [2.45, 2.75) is 19.9 Å². The fourth-order valence-electron chi connectivity index (χ4n) is 2.66. The Morgan fingerprint density at radius 3 is 2.21 bits per heavy atom. The first-order valence-corrected chi connectivity index (χ1v) is 6.01. The molecule has 0 radical (unpaired) electrons. The summed E-state index contributed by atoms with van der Waals surface area (Å²) < 4.78 is 1.39. The van der Waals surface area contributed by atoms with Gasteiger partial charge in [0, 0.05) is 32.2 Å². The zero-order valence-electron chi connectivity index (χ0n) is 9.63. The van der Waals surface area contributed by atoms with Gasteiger partial charge in [-0.3, -0.25) is 4.90 Å². The molecule has 0 aromatic carbocycles. The van der Waals surface area contributed by atoms with Gasteiger partial charge >= 0.3 is 0 Å². The second kappa shape index (κ2) is 4.17. The molecule has 3 fully saturated rings. The van der Waals surface area contributed by atoms with Crippen LogP contribution >= 0.6 is 0 Å². The molecule has 3 rings (SSSR count). The molecule has 0 amide bonds. The Hall–Kier alpha value is -0.120. The Bertz CT molecular complexity index is 169. The van der Waals surface area contributed by atoms with Crippen LogP contribution in [0.1, 0.15) is 13.8 Å². The number of hydrogen-bond acceptors (Lipinski definition) is 2.